The molecule has 0 spiro atoms. The van der Waals surface area contributed by atoms with E-state index in [1.807, 2.05) is 0 Å². The first kappa shape index (κ1) is 23.4. The highest BCUT2D eigenvalue weighted by Gasteiger charge is 2.22. The molecule has 0 radical (unpaired) electrons. The van der Waals surface area contributed by atoms with Crippen LogP contribution in [-0.4, -0.2) is 39.6 Å². The number of carbonyl (C=O) groups is 4. The molecule has 0 aliphatic carbocycles. The molecule has 3 N–H and O–H groups in total. The van der Waals surface area contributed by atoms with E-state index in [0.29, 0.717) is 0 Å². The van der Waals surface area contributed by atoms with E-state index in [9.17, 15) is 19.2 Å². The first-order valence-corrected chi connectivity index (χ1v) is 8.55. The molecular weight excluding hydrogens is 362 g/mol. The van der Waals surface area contributed by atoms with Gasteiger partial charge in [0, 0.05) is 12.7 Å². The van der Waals surface area contributed by atoms with Crippen molar-refractivity contribution in [2.75, 3.05) is 5.75 Å². The number of thioether (sulfide) groups is 1. The van der Waals surface area contributed by atoms with Gasteiger partial charge in [0.25, 0.3) is 0 Å². The Bertz CT molecular complexity index is 649. The van der Waals surface area contributed by atoms with Gasteiger partial charge in [0.1, 0.15) is 16.9 Å². The molecule has 1 rings (SSSR count). The van der Waals surface area contributed by atoms with Crippen LogP contribution < -0.4 is 10.5 Å². The van der Waals surface area contributed by atoms with E-state index in [2.05, 4.69) is 5.73 Å². The van der Waals surface area contributed by atoms with Crippen LogP contribution in [0, 0.1) is 0 Å². The third-order valence-corrected chi connectivity index (χ3v) is 2.96. The zero-order valence-electron chi connectivity index (χ0n) is 15.1. The summed E-state index contributed by atoms with van der Waals surface area (Å²) >= 11 is 0.739. The number of ether oxygens (including phenoxy) is 2. The Labute approximate surface area is 156 Å². The fourth-order valence-corrected chi connectivity index (χ4v) is 1.99. The maximum absolute atomic E-state index is 12.1. The molecule has 0 bridgehead atoms. The summed E-state index contributed by atoms with van der Waals surface area (Å²) in [7, 11) is 0. The van der Waals surface area contributed by atoms with E-state index in [1.165, 1.54) is 19.1 Å². The Morgan fingerprint density at radius 3 is 2.19 bits per heavy atom. The summed E-state index contributed by atoms with van der Waals surface area (Å²) in [4.78, 5) is 43.3. The van der Waals surface area contributed by atoms with Gasteiger partial charge in [-0.3, -0.25) is 9.59 Å². The number of para-hydroxylation sites is 1. The van der Waals surface area contributed by atoms with E-state index >= 15 is 0 Å². The SMILES string of the molecule is CC(C)(C)OC(=O)c1ccccc1OC(=O)SCCC(=O)O.CC(N)=O. The number of hydrogen-bond donors (Lipinski definition) is 2. The van der Waals surface area contributed by atoms with Crippen LogP contribution in [0.25, 0.3) is 0 Å². The third kappa shape index (κ3) is 11.9. The van der Waals surface area contributed by atoms with Gasteiger partial charge in [-0.2, -0.15) is 0 Å². The van der Waals surface area contributed by atoms with Crippen molar-refractivity contribution in [2.45, 2.75) is 39.7 Å². The summed E-state index contributed by atoms with van der Waals surface area (Å²) in [5.41, 5.74) is 3.95. The molecule has 144 valence electrons. The van der Waals surface area contributed by atoms with Crippen LogP contribution >= 0.6 is 11.8 Å². The summed E-state index contributed by atoms with van der Waals surface area (Å²) in [6.07, 6.45) is -0.145. The Kier molecular flexibility index (Phi) is 10.0. The van der Waals surface area contributed by atoms with Crippen molar-refractivity contribution in [2.24, 2.45) is 5.73 Å². The lowest BCUT2D eigenvalue weighted by atomic mass is 10.1. The van der Waals surface area contributed by atoms with Crippen molar-refractivity contribution in [1.29, 1.82) is 0 Å². The minimum absolute atomic E-state index is 0.0876. The predicted octanol–water partition coefficient (Wildman–Crippen LogP) is 2.84. The van der Waals surface area contributed by atoms with Gasteiger partial charge in [0.15, 0.2) is 0 Å². The first-order chi connectivity index (χ1) is 11.9. The molecule has 0 saturated heterocycles. The topological polar surface area (TPSA) is 133 Å². The van der Waals surface area contributed by atoms with Crippen LogP contribution in [-0.2, 0) is 14.3 Å². The number of carboxylic acid groups (broad SMARTS) is 1. The van der Waals surface area contributed by atoms with Crippen LogP contribution in [0.15, 0.2) is 24.3 Å². The maximum atomic E-state index is 12.1. The molecule has 1 amide bonds. The van der Waals surface area contributed by atoms with E-state index in [1.54, 1.807) is 32.9 Å². The molecule has 0 aliphatic heterocycles. The van der Waals surface area contributed by atoms with Crippen molar-refractivity contribution in [3.8, 4) is 5.75 Å². The second-order valence-corrected chi connectivity index (χ2v) is 6.98. The van der Waals surface area contributed by atoms with Gasteiger partial charge in [-0.05, 0) is 44.7 Å². The van der Waals surface area contributed by atoms with Crippen molar-refractivity contribution >= 4 is 34.9 Å². The lowest BCUT2D eigenvalue weighted by Crippen LogP contribution is -2.24. The van der Waals surface area contributed by atoms with Gasteiger partial charge in [-0.1, -0.05) is 12.1 Å². The fourth-order valence-electron chi connectivity index (χ4n) is 1.40. The smallest absolute Gasteiger partial charge is 0.372 e. The zero-order chi connectivity index (χ0) is 20.3. The summed E-state index contributed by atoms with van der Waals surface area (Å²) in [6.45, 7) is 6.52. The Morgan fingerprint density at radius 1 is 1.15 bits per heavy atom. The summed E-state index contributed by atoms with van der Waals surface area (Å²) in [5.74, 6) is -1.73. The summed E-state index contributed by atoms with van der Waals surface area (Å²) in [5, 5.41) is 7.85. The number of nitrogens with two attached hydrogens (primary N) is 1. The number of benzene rings is 1. The minimum atomic E-state index is -0.991. The maximum Gasteiger partial charge on any atom is 0.372 e. The molecule has 0 fully saturated rings. The number of hydrogen-bond acceptors (Lipinski definition) is 7. The second kappa shape index (κ2) is 11.1. The number of rotatable bonds is 5. The Hall–Kier alpha value is -2.55. The van der Waals surface area contributed by atoms with E-state index in [-0.39, 0.29) is 29.4 Å². The van der Waals surface area contributed by atoms with Crippen LogP contribution in [0.2, 0.25) is 0 Å². The van der Waals surface area contributed by atoms with Crippen molar-refractivity contribution < 1.29 is 33.8 Å². The number of primary amides is 1. The predicted molar refractivity (Wildman–Crippen MR) is 97.2 cm³/mol. The number of carboxylic acids is 1. The van der Waals surface area contributed by atoms with Gasteiger partial charge >= 0.3 is 17.2 Å². The molecule has 9 heteroatoms. The van der Waals surface area contributed by atoms with Gasteiger partial charge in [0.05, 0.1) is 6.42 Å². The van der Waals surface area contributed by atoms with Crippen molar-refractivity contribution in [3.05, 3.63) is 29.8 Å². The average Bonchev–Trinajstić information content (AvgIpc) is 2.44. The van der Waals surface area contributed by atoms with Gasteiger partial charge in [-0.25, -0.2) is 9.59 Å². The lowest BCUT2D eigenvalue weighted by molar-refractivity contribution is -0.136. The molecule has 1 aromatic carbocycles. The molecule has 26 heavy (non-hydrogen) atoms. The van der Waals surface area contributed by atoms with Gasteiger partial charge in [0.2, 0.25) is 5.91 Å². The highest BCUT2D eigenvalue weighted by molar-refractivity contribution is 8.13. The molecule has 0 heterocycles. The molecular formula is C17H23NO7S. The number of amides is 1. The van der Waals surface area contributed by atoms with E-state index in [4.69, 9.17) is 14.6 Å². The minimum Gasteiger partial charge on any atom is -0.481 e. The zero-order valence-corrected chi connectivity index (χ0v) is 15.9. The Morgan fingerprint density at radius 2 is 1.69 bits per heavy atom. The molecule has 0 aromatic heterocycles. The van der Waals surface area contributed by atoms with Gasteiger partial charge < -0.3 is 20.3 Å². The van der Waals surface area contributed by atoms with Crippen LogP contribution in [0.1, 0.15) is 44.5 Å². The number of aliphatic carboxylic acids is 1. The fraction of sp³-hybridized carbons (Fsp3) is 0.412. The van der Waals surface area contributed by atoms with Crippen molar-refractivity contribution in [1.82, 2.24) is 0 Å². The Balaban J connectivity index is 0.00000141. The molecule has 0 saturated carbocycles. The monoisotopic (exact) mass is 385 g/mol. The quantitative estimate of drug-likeness (QED) is 0.739. The molecule has 0 atom stereocenters. The largest absolute Gasteiger partial charge is 0.481 e. The number of carbonyl (C=O) groups excluding carboxylic acids is 3. The summed E-state index contributed by atoms with van der Waals surface area (Å²) < 4.78 is 10.3. The normalized spacial score (nSPS) is 10.2. The van der Waals surface area contributed by atoms with Crippen LogP contribution in [0.4, 0.5) is 4.79 Å². The second-order valence-electron chi connectivity index (χ2n) is 5.95. The molecule has 0 unspecified atom stereocenters. The lowest BCUT2D eigenvalue weighted by Gasteiger charge is -2.20. The highest BCUT2D eigenvalue weighted by Crippen LogP contribution is 2.23. The highest BCUT2D eigenvalue weighted by atomic mass is 32.2. The van der Waals surface area contributed by atoms with E-state index in [0.717, 1.165) is 11.8 Å². The summed E-state index contributed by atoms with van der Waals surface area (Å²) in [6, 6.07) is 6.24. The molecule has 8 nitrogen and oxygen atoms in total. The molecule has 0 aliphatic rings. The first-order valence-electron chi connectivity index (χ1n) is 7.57. The van der Waals surface area contributed by atoms with E-state index < -0.39 is 22.8 Å². The average molecular weight is 385 g/mol. The van der Waals surface area contributed by atoms with Crippen LogP contribution in [0.3, 0.4) is 0 Å². The standard InChI is InChI=1S/C15H18O6S.C2H5NO/c1-15(2,3)21-13(18)10-6-4-5-7-11(10)20-14(19)22-9-8-12(16)17;1-2(3)4/h4-7H,8-9H2,1-3H3,(H,16,17);1H3,(H2,3,4). The molecule has 1 aromatic rings. The van der Waals surface area contributed by atoms with Gasteiger partial charge in [-0.15, -0.1) is 0 Å². The van der Waals surface area contributed by atoms with Crippen LogP contribution in [0.5, 0.6) is 5.75 Å². The van der Waals surface area contributed by atoms with Crippen molar-refractivity contribution in [3.63, 3.8) is 0 Å². The third-order valence-electron chi connectivity index (χ3n) is 2.23. The number of esters is 1.